The number of rotatable bonds is 6. The predicted molar refractivity (Wildman–Crippen MR) is 38.4 cm³/mol. The molecule has 0 aliphatic heterocycles. The summed E-state index contributed by atoms with van der Waals surface area (Å²) in [6, 6.07) is 0. The SMILES string of the molecule is O=C([O-])C(CCCC(F)(F)C(F)(F)F)C(=O)[O-]. The van der Waals surface area contributed by atoms with Gasteiger partial charge >= 0.3 is 12.1 Å². The molecule has 4 nitrogen and oxygen atoms in total. The van der Waals surface area contributed by atoms with E-state index in [0.29, 0.717) is 0 Å². The lowest BCUT2D eigenvalue weighted by Gasteiger charge is -2.22. The zero-order chi connectivity index (χ0) is 13.9. The van der Waals surface area contributed by atoms with E-state index >= 15 is 0 Å². The molecule has 0 amide bonds. The van der Waals surface area contributed by atoms with E-state index in [0.717, 1.165) is 0 Å². The Hall–Kier alpha value is -1.41. The van der Waals surface area contributed by atoms with Gasteiger partial charge in [0.2, 0.25) is 0 Å². The lowest BCUT2D eigenvalue weighted by molar-refractivity contribution is -0.332. The number of alkyl halides is 5. The van der Waals surface area contributed by atoms with Gasteiger partial charge in [-0.15, -0.1) is 0 Å². The molecule has 17 heavy (non-hydrogen) atoms. The van der Waals surface area contributed by atoms with E-state index in [4.69, 9.17) is 0 Å². The topological polar surface area (TPSA) is 80.3 Å². The van der Waals surface area contributed by atoms with Gasteiger partial charge in [0.1, 0.15) is 0 Å². The van der Waals surface area contributed by atoms with Crippen molar-refractivity contribution in [3.05, 3.63) is 0 Å². The van der Waals surface area contributed by atoms with Crippen molar-refractivity contribution < 1.29 is 41.8 Å². The minimum absolute atomic E-state index is 0.906. The first kappa shape index (κ1) is 15.6. The zero-order valence-electron chi connectivity index (χ0n) is 8.22. The van der Waals surface area contributed by atoms with Gasteiger partial charge in [-0.25, -0.2) is 0 Å². The third-order valence-corrected chi connectivity index (χ3v) is 1.97. The molecule has 0 saturated carbocycles. The van der Waals surface area contributed by atoms with Crippen LogP contribution in [0.5, 0.6) is 0 Å². The van der Waals surface area contributed by atoms with Crippen molar-refractivity contribution >= 4 is 11.9 Å². The molecule has 100 valence electrons. The maximum absolute atomic E-state index is 12.3. The molecule has 0 rings (SSSR count). The average molecular weight is 262 g/mol. The summed E-state index contributed by atoms with van der Waals surface area (Å²) in [5.41, 5.74) is 0. The van der Waals surface area contributed by atoms with Crippen LogP contribution in [0.4, 0.5) is 22.0 Å². The monoisotopic (exact) mass is 262 g/mol. The van der Waals surface area contributed by atoms with E-state index in [1.807, 2.05) is 0 Å². The Kier molecular flexibility index (Phi) is 4.84. The highest BCUT2D eigenvalue weighted by atomic mass is 19.4. The smallest absolute Gasteiger partial charge is 0.453 e. The summed E-state index contributed by atoms with van der Waals surface area (Å²) in [5, 5.41) is 20.3. The highest BCUT2D eigenvalue weighted by Crippen LogP contribution is 2.39. The molecule has 0 aromatic rings. The normalized spacial score (nSPS) is 12.8. The van der Waals surface area contributed by atoms with Gasteiger partial charge in [-0.1, -0.05) is 0 Å². The molecule has 0 fully saturated rings. The molecule has 0 heterocycles. The summed E-state index contributed by atoms with van der Waals surface area (Å²) in [5.74, 6) is -11.3. The second kappa shape index (κ2) is 5.28. The van der Waals surface area contributed by atoms with Crippen LogP contribution in [0.1, 0.15) is 19.3 Å². The Morgan fingerprint density at radius 3 is 1.71 bits per heavy atom. The molecule has 0 bridgehead atoms. The molecule has 0 aliphatic rings. The van der Waals surface area contributed by atoms with Crippen molar-refractivity contribution in [2.45, 2.75) is 31.4 Å². The Morgan fingerprint density at radius 2 is 1.41 bits per heavy atom. The van der Waals surface area contributed by atoms with Crippen LogP contribution in [0.15, 0.2) is 0 Å². The molecule has 0 N–H and O–H groups in total. The third-order valence-electron chi connectivity index (χ3n) is 1.97. The molecule has 0 spiro atoms. The number of hydrogen-bond donors (Lipinski definition) is 0. The van der Waals surface area contributed by atoms with E-state index in [1.54, 1.807) is 0 Å². The van der Waals surface area contributed by atoms with Crippen LogP contribution in [0.2, 0.25) is 0 Å². The van der Waals surface area contributed by atoms with Gasteiger partial charge in [0.05, 0.1) is 11.9 Å². The zero-order valence-corrected chi connectivity index (χ0v) is 8.22. The van der Waals surface area contributed by atoms with Gasteiger partial charge in [-0.2, -0.15) is 22.0 Å². The van der Waals surface area contributed by atoms with Gasteiger partial charge in [0.15, 0.2) is 0 Å². The minimum Gasteiger partial charge on any atom is -0.549 e. The van der Waals surface area contributed by atoms with Crippen LogP contribution in [0.3, 0.4) is 0 Å². The Balaban J connectivity index is 4.32. The fraction of sp³-hybridized carbons (Fsp3) is 0.750. The Morgan fingerprint density at radius 1 is 1.00 bits per heavy atom. The molecule has 0 aromatic heterocycles. The van der Waals surface area contributed by atoms with Crippen LogP contribution >= 0.6 is 0 Å². The van der Waals surface area contributed by atoms with E-state index in [-0.39, 0.29) is 0 Å². The van der Waals surface area contributed by atoms with Crippen molar-refractivity contribution in [1.82, 2.24) is 0 Å². The van der Waals surface area contributed by atoms with Crippen LogP contribution in [0, 0.1) is 5.92 Å². The van der Waals surface area contributed by atoms with Crippen molar-refractivity contribution in [3.63, 3.8) is 0 Å². The largest absolute Gasteiger partial charge is 0.549 e. The van der Waals surface area contributed by atoms with Crippen molar-refractivity contribution in [2.24, 2.45) is 5.92 Å². The van der Waals surface area contributed by atoms with Crippen molar-refractivity contribution in [1.29, 1.82) is 0 Å². The van der Waals surface area contributed by atoms with E-state index < -0.39 is 49.2 Å². The number of aliphatic carboxylic acids is 2. The van der Waals surface area contributed by atoms with Crippen LogP contribution < -0.4 is 10.2 Å². The summed E-state index contributed by atoms with van der Waals surface area (Å²) in [7, 11) is 0. The summed E-state index contributed by atoms with van der Waals surface area (Å²) in [4.78, 5) is 20.3. The van der Waals surface area contributed by atoms with Crippen LogP contribution in [-0.2, 0) is 9.59 Å². The fourth-order valence-electron chi connectivity index (χ4n) is 1.00. The average Bonchev–Trinajstić information content (AvgIpc) is 2.08. The summed E-state index contributed by atoms with van der Waals surface area (Å²) in [6.45, 7) is 0. The molecule has 0 aromatic carbocycles. The third kappa shape index (κ3) is 4.53. The fourth-order valence-corrected chi connectivity index (χ4v) is 1.00. The lowest BCUT2D eigenvalue weighted by atomic mass is 10.0. The molecular formula is C8H7F5O4-2. The molecule has 0 aliphatic carbocycles. The van der Waals surface area contributed by atoms with Crippen molar-refractivity contribution in [3.8, 4) is 0 Å². The summed E-state index contributed by atoms with van der Waals surface area (Å²) in [6.07, 6.45) is -9.27. The first-order valence-electron chi connectivity index (χ1n) is 4.35. The van der Waals surface area contributed by atoms with E-state index in [9.17, 15) is 41.8 Å². The van der Waals surface area contributed by atoms with Crippen molar-refractivity contribution in [2.75, 3.05) is 0 Å². The molecule has 0 radical (unpaired) electrons. The number of carboxylic acid groups (broad SMARTS) is 2. The summed E-state index contributed by atoms with van der Waals surface area (Å²) >= 11 is 0. The van der Waals surface area contributed by atoms with Crippen LogP contribution in [-0.4, -0.2) is 24.0 Å². The maximum atomic E-state index is 12.3. The number of carboxylic acids is 2. The number of carbonyl (C=O) groups excluding carboxylic acids is 2. The molecule has 0 saturated heterocycles. The van der Waals surface area contributed by atoms with E-state index in [1.165, 1.54) is 0 Å². The lowest BCUT2D eigenvalue weighted by Crippen LogP contribution is -2.43. The quantitative estimate of drug-likeness (QED) is 0.476. The molecule has 9 heteroatoms. The van der Waals surface area contributed by atoms with Gasteiger partial charge in [-0.05, 0) is 12.8 Å². The Bertz CT molecular complexity index is 285. The van der Waals surface area contributed by atoms with E-state index in [2.05, 4.69) is 0 Å². The first-order valence-corrected chi connectivity index (χ1v) is 4.35. The second-order valence-corrected chi connectivity index (χ2v) is 3.29. The maximum Gasteiger partial charge on any atom is 0.453 e. The van der Waals surface area contributed by atoms with Gasteiger partial charge in [0, 0.05) is 12.3 Å². The highest BCUT2D eigenvalue weighted by molar-refractivity contribution is 5.90. The number of hydrogen-bond acceptors (Lipinski definition) is 4. The first-order chi connectivity index (χ1) is 7.49. The number of halogens is 5. The van der Waals surface area contributed by atoms with Crippen LogP contribution in [0.25, 0.3) is 0 Å². The van der Waals surface area contributed by atoms with Gasteiger partial charge in [-0.3, -0.25) is 0 Å². The standard InChI is InChI=1S/C8H9F5O4/c9-7(10,8(11,12)13)3-1-2-4(5(14)15)6(16)17/h4H,1-3H2,(H,14,15)(H,16,17)/p-2. The second-order valence-electron chi connectivity index (χ2n) is 3.29. The van der Waals surface area contributed by atoms with Gasteiger partial charge < -0.3 is 19.8 Å². The Labute approximate surface area is 92.0 Å². The minimum atomic E-state index is -5.74. The molecule has 0 atom stereocenters. The number of carbonyl (C=O) groups is 2. The highest BCUT2D eigenvalue weighted by Gasteiger charge is 2.56. The molecular weight excluding hydrogens is 255 g/mol. The summed E-state index contributed by atoms with van der Waals surface area (Å²) < 4.78 is 59.7. The van der Waals surface area contributed by atoms with Gasteiger partial charge in [0.25, 0.3) is 0 Å². The molecule has 0 unspecified atom stereocenters. The predicted octanol–water partition coefficient (Wildman–Crippen LogP) is -0.530.